The van der Waals surface area contributed by atoms with Crippen LogP contribution in [0.15, 0.2) is 18.2 Å². The van der Waals surface area contributed by atoms with E-state index in [4.69, 9.17) is 16.3 Å². The highest BCUT2D eigenvalue weighted by Gasteiger charge is 2.43. The minimum absolute atomic E-state index is 0.159. The van der Waals surface area contributed by atoms with Gasteiger partial charge in [-0.25, -0.2) is 0 Å². The van der Waals surface area contributed by atoms with Gasteiger partial charge in [0.2, 0.25) is 0 Å². The van der Waals surface area contributed by atoms with E-state index in [1.807, 2.05) is 11.8 Å². The molecule has 2 aliphatic heterocycles. The van der Waals surface area contributed by atoms with Crippen LogP contribution < -0.4 is 4.74 Å². The highest BCUT2D eigenvalue weighted by Crippen LogP contribution is 2.41. The van der Waals surface area contributed by atoms with Crippen molar-refractivity contribution in [1.82, 2.24) is 0 Å². The number of Topliss-reactive ketones (excluding diaryl/α,β-unsaturated/α-hetero) is 1. The molecule has 1 atom stereocenters. The van der Waals surface area contributed by atoms with Crippen molar-refractivity contribution < 1.29 is 9.53 Å². The summed E-state index contributed by atoms with van der Waals surface area (Å²) in [5.74, 6) is 2.85. The maximum atomic E-state index is 12.1. The van der Waals surface area contributed by atoms with E-state index >= 15 is 0 Å². The van der Waals surface area contributed by atoms with Gasteiger partial charge in [-0.1, -0.05) is 11.6 Å². The van der Waals surface area contributed by atoms with Crippen LogP contribution in [-0.4, -0.2) is 22.9 Å². The zero-order valence-corrected chi connectivity index (χ0v) is 10.2. The average molecular weight is 255 g/mol. The Morgan fingerprint density at radius 3 is 3.06 bits per heavy atom. The Morgan fingerprint density at radius 1 is 1.44 bits per heavy atom. The van der Waals surface area contributed by atoms with E-state index in [1.165, 1.54) is 0 Å². The largest absolute Gasteiger partial charge is 0.485 e. The summed E-state index contributed by atoms with van der Waals surface area (Å²) in [6.07, 6.45) is 1.46. The normalized spacial score (nSPS) is 27.9. The molecule has 0 amide bonds. The minimum Gasteiger partial charge on any atom is -0.485 e. The van der Waals surface area contributed by atoms with Crippen LogP contribution in [0.3, 0.4) is 0 Å². The van der Waals surface area contributed by atoms with Gasteiger partial charge in [0, 0.05) is 10.8 Å². The molecule has 2 nitrogen and oxygen atoms in total. The molecule has 0 aromatic heterocycles. The number of ketones is 1. The topological polar surface area (TPSA) is 26.3 Å². The molecule has 1 fully saturated rings. The van der Waals surface area contributed by atoms with Gasteiger partial charge >= 0.3 is 0 Å². The quantitative estimate of drug-likeness (QED) is 0.711. The molecule has 84 valence electrons. The zero-order valence-electron chi connectivity index (χ0n) is 8.66. The number of ether oxygens (including phenoxy) is 1. The number of thioether (sulfide) groups is 1. The smallest absolute Gasteiger partial charge is 0.170 e. The third-order valence-corrected chi connectivity index (χ3v) is 4.58. The molecule has 4 heteroatoms. The number of rotatable bonds is 0. The molecule has 3 rings (SSSR count). The van der Waals surface area contributed by atoms with Crippen LogP contribution in [-0.2, 0) is 0 Å². The molecular formula is C12H11ClO2S. The molecule has 2 heterocycles. The standard InChI is InChI=1S/C12H11ClO2S/c13-8-1-2-11-9(5-8)10(14)6-12(15-11)3-4-16-7-12/h1-2,5H,3-4,6-7H2. The second kappa shape index (κ2) is 3.67. The maximum absolute atomic E-state index is 12.1. The zero-order chi connectivity index (χ0) is 11.2. The van der Waals surface area contributed by atoms with Crippen molar-refractivity contribution in [2.45, 2.75) is 18.4 Å². The van der Waals surface area contributed by atoms with Crippen molar-refractivity contribution in [2.24, 2.45) is 0 Å². The lowest BCUT2D eigenvalue weighted by Crippen LogP contribution is -2.41. The molecule has 1 spiro atoms. The summed E-state index contributed by atoms with van der Waals surface area (Å²) in [7, 11) is 0. The molecule has 16 heavy (non-hydrogen) atoms. The highest BCUT2D eigenvalue weighted by atomic mass is 35.5. The van der Waals surface area contributed by atoms with Gasteiger partial charge in [-0.2, -0.15) is 11.8 Å². The predicted octanol–water partition coefficient (Wildman–Crippen LogP) is 3.18. The summed E-state index contributed by atoms with van der Waals surface area (Å²) in [6.45, 7) is 0. The lowest BCUT2D eigenvalue weighted by Gasteiger charge is -2.34. The molecule has 1 unspecified atom stereocenters. The van der Waals surface area contributed by atoms with E-state index < -0.39 is 0 Å². The van der Waals surface area contributed by atoms with Crippen LogP contribution >= 0.6 is 23.4 Å². The van der Waals surface area contributed by atoms with Crippen molar-refractivity contribution in [3.8, 4) is 5.75 Å². The predicted molar refractivity (Wildman–Crippen MR) is 65.7 cm³/mol. The van der Waals surface area contributed by atoms with Gasteiger partial charge in [-0.3, -0.25) is 4.79 Å². The fourth-order valence-corrected chi connectivity index (χ4v) is 3.78. The van der Waals surface area contributed by atoms with E-state index in [0.717, 1.165) is 17.9 Å². The Hall–Kier alpha value is -0.670. The van der Waals surface area contributed by atoms with Gasteiger partial charge in [-0.05, 0) is 30.4 Å². The molecule has 1 aromatic carbocycles. The fourth-order valence-electron chi connectivity index (χ4n) is 2.27. The maximum Gasteiger partial charge on any atom is 0.170 e. The second-order valence-electron chi connectivity index (χ2n) is 4.33. The van der Waals surface area contributed by atoms with Crippen LogP contribution in [0, 0.1) is 0 Å². The summed E-state index contributed by atoms with van der Waals surface area (Å²) in [4.78, 5) is 12.1. The number of hydrogen-bond donors (Lipinski definition) is 0. The third kappa shape index (κ3) is 1.62. The van der Waals surface area contributed by atoms with E-state index in [-0.39, 0.29) is 11.4 Å². The average Bonchev–Trinajstić information content (AvgIpc) is 2.68. The first kappa shape index (κ1) is 10.5. The number of hydrogen-bond acceptors (Lipinski definition) is 3. The Bertz CT molecular complexity index is 452. The van der Waals surface area contributed by atoms with Crippen LogP contribution in [0.25, 0.3) is 0 Å². The summed E-state index contributed by atoms with van der Waals surface area (Å²) < 4.78 is 6.01. The van der Waals surface area contributed by atoms with E-state index in [2.05, 4.69) is 0 Å². The van der Waals surface area contributed by atoms with E-state index in [9.17, 15) is 4.79 Å². The second-order valence-corrected chi connectivity index (χ2v) is 5.87. The Labute approximate surface area is 103 Å². The van der Waals surface area contributed by atoms with Crippen LogP contribution in [0.2, 0.25) is 5.02 Å². The monoisotopic (exact) mass is 254 g/mol. The molecule has 0 aliphatic carbocycles. The van der Waals surface area contributed by atoms with Gasteiger partial charge in [0.05, 0.1) is 12.0 Å². The highest BCUT2D eigenvalue weighted by molar-refractivity contribution is 7.99. The lowest BCUT2D eigenvalue weighted by molar-refractivity contribution is 0.0563. The molecule has 1 saturated heterocycles. The van der Waals surface area contributed by atoms with Gasteiger partial charge in [0.25, 0.3) is 0 Å². The van der Waals surface area contributed by atoms with E-state index in [0.29, 0.717) is 22.8 Å². The number of halogens is 1. The van der Waals surface area contributed by atoms with Crippen molar-refractivity contribution in [2.75, 3.05) is 11.5 Å². The number of carbonyl (C=O) groups is 1. The molecule has 1 aromatic rings. The van der Waals surface area contributed by atoms with E-state index in [1.54, 1.807) is 18.2 Å². The lowest BCUT2D eigenvalue weighted by atomic mass is 9.89. The number of benzene rings is 1. The minimum atomic E-state index is -0.247. The Balaban J connectivity index is 2.02. The van der Waals surface area contributed by atoms with Gasteiger partial charge in [0.1, 0.15) is 11.4 Å². The molecule has 0 saturated carbocycles. The first-order valence-electron chi connectivity index (χ1n) is 5.28. The fraction of sp³-hybridized carbons (Fsp3) is 0.417. The Kier molecular flexibility index (Phi) is 2.41. The van der Waals surface area contributed by atoms with Crippen LogP contribution in [0.5, 0.6) is 5.75 Å². The SMILES string of the molecule is O=C1CC2(CCSC2)Oc2ccc(Cl)cc21. The van der Waals surface area contributed by atoms with Gasteiger partial charge in [0.15, 0.2) is 5.78 Å². The molecule has 0 N–H and O–H groups in total. The van der Waals surface area contributed by atoms with Crippen molar-refractivity contribution in [3.63, 3.8) is 0 Å². The summed E-state index contributed by atoms with van der Waals surface area (Å²) in [6, 6.07) is 5.28. The van der Waals surface area contributed by atoms with Crippen molar-refractivity contribution in [1.29, 1.82) is 0 Å². The van der Waals surface area contributed by atoms with Crippen molar-refractivity contribution in [3.05, 3.63) is 28.8 Å². The Morgan fingerprint density at radius 2 is 2.31 bits per heavy atom. The molecule has 0 radical (unpaired) electrons. The van der Waals surface area contributed by atoms with Gasteiger partial charge in [-0.15, -0.1) is 0 Å². The first-order chi connectivity index (χ1) is 7.69. The molecule has 2 aliphatic rings. The third-order valence-electron chi connectivity index (χ3n) is 3.12. The number of fused-ring (bicyclic) bond motifs is 1. The first-order valence-corrected chi connectivity index (χ1v) is 6.81. The summed E-state index contributed by atoms with van der Waals surface area (Å²) in [5.41, 5.74) is 0.387. The number of carbonyl (C=O) groups excluding carboxylic acids is 1. The van der Waals surface area contributed by atoms with Crippen LogP contribution in [0.1, 0.15) is 23.2 Å². The summed E-state index contributed by atoms with van der Waals surface area (Å²) in [5, 5.41) is 0.590. The summed E-state index contributed by atoms with van der Waals surface area (Å²) >= 11 is 7.74. The molecule has 0 bridgehead atoms. The van der Waals surface area contributed by atoms with Crippen molar-refractivity contribution >= 4 is 29.1 Å². The van der Waals surface area contributed by atoms with Crippen LogP contribution in [0.4, 0.5) is 0 Å². The van der Waals surface area contributed by atoms with Gasteiger partial charge < -0.3 is 4.74 Å². The molecular weight excluding hydrogens is 244 g/mol.